The Hall–Kier alpha value is -2.25. The molecule has 0 spiro atoms. The molecule has 1 aromatic heterocycles. The number of benzene rings is 1. The zero-order valence-electron chi connectivity index (χ0n) is 15.5. The smallest absolute Gasteiger partial charge is 0.251 e. The van der Waals surface area contributed by atoms with Crippen LogP contribution in [0.2, 0.25) is 0 Å². The van der Waals surface area contributed by atoms with Gasteiger partial charge in [0.05, 0.1) is 4.90 Å². The SMILES string of the molecule is CCC1CCCCN1S(=O)(=O)c1cccc(C(=O)NCc2cccnc2)c1. The summed E-state index contributed by atoms with van der Waals surface area (Å²) < 4.78 is 27.8. The fourth-order valence-electron chi connectivity index (χ4n) is 3.42. The van der Waals surface area contributed by atoms with Gasteiger partial charge in [0.15, 0.2) is 0 Å². The molecule has 2 aromatic rings. The summed E-state index contributed by atoms with van der Waals surface area (Å²) in [4.78, 5) is 16.6. The molecule has 2 heterocycles. The molecule has 0 aliphatic carbocycles. The molecule has 0 radical (unpaired) electrons. The molecule has 1 aliphatic rings. The molecule has 1 saturated heterocycles. The average Bonchev–Trinajstić information content (AvgIpc) is 2.72. The van der Waals surface area contributed by atoms with Gasteiger partial charge in [-0.1, -0.05) is 25.5 Å². The van der Waals surface area contributed by atoms with E-state index in [1.54, 1.807) is 41.0 Å². The summed E-state index contributed by atoms with van der Waals surface area (Å²) >= 11 is 0. The van der Waals surface area contributed by atoms with E-state index in [1.807, 2.05) is 13.0 Å². The largest absolute Gasteiger partial charge is 0.348 e. The first-order valence-corrected chi connectivity index (χ1v) is 10.8. The maximum Gasteiger partial charge on any atom is 0.251 e. The third-order valence-electron chi connectivity index (χ3n) is 4.92. The van der Waals surface area contributed by atoms with Crippen LogP contribution in [0.25, 0.3) is 0 Å². The molecule has 1 N–H and O–H groups in total. The van der Waals surface area contributed by atoms with Crippen LogP contribution in [0, 0.1) is 0 Å². The van der Waals surface area contributed by atoms with Crippen LogP contribution in [0.5, 0.6) is 0 Å². The lowest BCUT2D eigenvalue weighted by molar-refractivity contribution is 0.0950. The van der Waals surface area contributed by atoms with Crippen molar-refractivity contribution in [3.8, 4) is 0 Å². The highest BCUT2D eigenvalue weighted by atomic mass is 32.2. The molecule has 1 amide bonds. The van der Waals surface area contributed by atoms with Crippen molar-refractivity contribution in [2.24, 2.45) is 0 Å². The molecule has 1 aliphatic heterocycles. The number of nitrogens with one attached hydrogen (secondary N) is 1. The summed E-state index contributed by atoms with van der Waals surface area (Å²) in [5.74, 6) is -0.304. The predicted octanol–water partition coefficient (Wildman–Crippen LogP) is 2.96. The number of nitrogens with zero attached hydrogens (tertiary/aromatic N) is 2. The Bertz CT molecular complexity index is 884. The lowest BCUT2D eigenvalue weighted by atomic mass is 10.0. The van der Waals surface area contributed by atoms with Gasteiger partial charge in [-0.2, -0.15) is 4.31 Å². The lowest BCUT2D eigenvalue weighted by Crippen LogP contribution is -2.43. The van der Waals surface area contributed by atoms with Crippen molar-refractivity contribution in [2.45, 2.75) is 50.1 Å². The van der Waals surface area contributed by atoms with Gasteiger partial charge in [0.2, 0.25) is 10.0 Å². The number of rotatable bonds is 6. The Morgan fingerprint density at radius 1 is 1.26 bits per heavy atom. The van der Waals surface area contributed by atoms with E-state index in [1.165, 1.54) is 6.07 Å². The van der Waals surface area contributed by atoms with Crippen LogP contribution in [0.4, 0.5) is 0 Å². The van der Waals surface area contributed by atoms with Gasteiger partial charge in [-0.05, 0) is 49.1 Å². The maximum absolute atomic E-state index is 13.1. The normalized spacial score (nSPS) is 18.2. The second kappa shape index (κ2) is 8.63. The van der Waals surface area contributed by atoms with Crippen LogP contribution >= 0.6 is 0 Å². The zero-order chi connectivity index (χ0) is 19.3. The second-order valence-electron chi connectivity index (χ2n) is 6.75. The maximum atomic E-state index is 13.1. The highest BCUT2D eigenvalue weighted by molar-refractivity contribution is 7.89. The first-order chi connectivity index (χ1) is 13.0. The Morgan fingerprint density at radius 3 is 2.85 bits per heavy atom. The minimum Gasteiger partial charge on any atom is -0.348 e. The molecular formula is C20H25N3O3S. The third-order valence-corrected chi connectivity index (χ3v) is 6.87. The fraction of sp³-hybridized carbons (Fsp3) is 0.400. The minimum absolute atomic E-state index is 0.0341. The van der Waals surface area contributed by atoms with Crippen molar-refractivity contribution in [2.75, 3.05) is 6.54 Å². The van der Waals surface area contributed by atoms with Gasteiger partial charge >= 0.3 is 0 Å². The van der Waals surface area contributed by atoms with Gasteiger partial charge in [-0.25, -0.2) is 8.42 Å². The Labute approximate surface area is 160 Å². The van der Waals surface area contributed by atoms with Gasteiger partial charge in [-0.15, -0.1) is 0 Å². The van der Waals surface area contributed by atoms with E-state index in [4.69, 9.17) is 0 Å². The highest BCUT2D eigenvalue weighted by Crippen LogP contribution is 2.27. The molecular weight excluding hydrogens is 362 g/mol. The van der Waals surface area contributed by atoms with Crippen LogP contribution in [0.15, 0.2) is 53.7 Å². The summed E-state index contributed by atoms with van der Waals surface area (Å²) in [6.07, 6.45) is 6.97. The van der Waals surface area contributed by atoms with Gasteiger partial charge in [-0.3, -0.25) is 9.78 Å². The third kappa shape index (κ3) is 4.54. The lowest BCUT2D eigenvalue weighted by Gasteiger charge is -2.34. The second-order valence-corrected chi connectivity index (χ2v) is 8.64. The van der Waals surface area contributed by atoms with Crippen LogP contribution in [-0.4, -0.2) is 36.2 Å². The van der Waals surface area contributed by atoms with Crippen molar-refractivity contribution < 1.29 is 13.2 Å². The van der Waals surface area contributed by atoms with Crippen LogP contribution in [0.1, 0.15) is 48.5 Å². The minimum atomic E-state index is -3.60. The van der Waals surface area contributed by atoms with Gasteiger partial charge in [0, 0.05) is 37.1 Å². The summed E-state index contributed by atoms with van der Waals surface area (Å²) in [7, 11) is -3.60. The number of hydrogen-bond acceptors (Lipinski definition) is 4. The van der Waals surface area contributed by atoms with E-state index in [-0.39, 0.29) is 16.8 Å². The molecule has 6 nitrogen and oxygen atoms in total. The summed E-state index contributed by atoms with van der Waals surface area (Å²) in [6, 6.07) is 9.99. The first-order valence-electron chi connectivity index (χ1n) is 9.31. The highest BCUT2D eigenvalue weighted by Gasteiger charge is 2.32. The van der Waals surface area contributed by atoms with E-state index in [0.717, 1.165) is 31.2 Å². The van der Waals surface area contributed by atoms with Crippen LogP contribution < -0.4 is 5.32 Å². The molecule has 1 unspecified atom stereocenters. The number of piperidine rings is 1. The monoisotopic (exact) mass is 387 g/mol. The predicted molar refractivity (Wildman–Crippen MR) is 104 cm³/mol. The number of sulfonamides is 1. The molecule has 7 heteroatoms. The molecule has 1 fully saturated rings. The van der Waals surface area contributed by atoms with E-state index >= 15 is 0 Å². The van der Waals surface area contributed by atoms with Crippen molar-refractivity contribution in [3.63, 3.8) is 0 Å². The van der Waals surface area contributed by atoms with Crippen molar-refractivity contribution in [3.05, 3.63) is 59.9 Å². The number of hydrogen-bond donors (Lipinski definition) is 1. The number of carbonyl (C=O) groups excluding carboxylic acids is 1. The van der Waals surface area contributed by atoms with E-state index in [0.29, 0.717) is 18.7 Å². The molecule has 0 bridgehead atoms. The molecule has 3 rings (SSSR count). The summed E-state index contributed by atoms with van der Waals surface area (Å²) in [5.41, 5.74) is 1.22. The average molecular weight is 388 g/mol. The van der Waals surface area contributed by atoms with Crippen molar-refractivity contribution >= 4 is 15.9 Å². The van der Waals surface area contributed by atoms with Gasteiger partial charge < -0.3 is 5.32 Å². The van der Waals surface area contributed by atoms with Crippen molar-refractivity contribution in [1.82, 2.24) is 14.6 Å². The van der Waals surface area contributed by atoms with E-state index in [2.05, 4.69) is 10.3 Å². The van der Waals surface area contributed by atoms with E-state index < -0.39 is 10.0 Å². The van der Waals surface area contributed by atoms with Crippen LogP contribution in [-0.2, 0) is 16.6 Å². The number of amides is 1. The molecule has 144 valence electrons. The quantitative estimate of drug-likeness (QED) is 0.826. The summed E-state index contributed by atoms with van der Waals surface area (Å²) in [6.45, 7) is 2.90. The Balaban J connectivity index is 1.77. The van der Waals surface area contributed by atoms with E-state index in [9.17, 15) is 13.2 Å². The number of aromatic nitrogens is 1. The fourth-order valence-corrected chi connectivity index (χ4v) is 5.23. The number of carbonyl (C=O) groups is 1. The van der Waals surface area contributed by atoms with Crippen LogP contribution in [0.3, 0.4) is 0 Å². The molecule has 27 heavy (non-hydrogen) atoms. The first kappa shape index (κ1) is 19.5. The topological polar surface area (TPSA) is 79.4 Å². The summed E-state index contributed by atoms with van der Waals surface area (Å²) in [5, 5.41) is 2.81. The Morgan fingerprint density at radius 2 is 2.11 bits per heavy atom. The molecule has 0 saturated carbocycles. The number of pyridine rings is 1. The zero-order valence-corrected chi connectivity index (χ0v) is 16.3. The van der Waals surface area contributed by atoms with Gasteiger partial charge in [0.1, 0.15) is 0 Å². The van der Waals surface area contributed by atoms with Crippen molar-refractivity contribution in [1.29, 1.82) is 0 Å². The standard InChI is InChI=1S/C20H25N3O3S/c1-2-18-9-3-4-12-23(18)27(25,26)19-10-5-8-17(13-19)20(24)22-15-16-7-6-11-21-14-16/h5-8,10-11,13-14,18H,2-4,9,12,15H2,1H3,(H,22,24). The Kier molecular flexibility index (Phi) is 6.23. The van der Waals surface area contributed by atoms with Gasteiger partial charge in [0.25, 0.3) is 5.91 Å². The molecule has 1 aromatic carbocycles. The molecule has 1 atom stereocenters.